The number of fused-ring (bicyclic) bond motifs is 1. The second-order valence-electron chi connectivity index (χ2n) is 3.31. The average Bonchev–Trinajstić information content (AvgIpc) is 2.84. The molecule has 0 fully saturated rings. The number of nitrogen functional groups attached to an aromatic ring is 1. The minimum absolute atomic E-state index is 0.211. The van der Waals surface area contributed by atoms with Crippen molar-refractivity contribution in [3.63, 3.8) is 0 Å². The Morgan fingerprint density at radius 1 is 1.31 bits per heavy atom. The number of nitrogens with two attached hydrogens (primary N) is 1. The van der Waals surface area contributed by atoms with Crippen molar-refractivity contribution in [3.05, 3.63) is 17.4 Å². The maximum absolute atomic E-state index is 5.63. The summed E-state index contributed by atoms with van der Waals surface area (Å²) in [5, 5.41) is 0.820. The molecule has 3 heterocycles. The van der Waals surface area contributed by atoms with Gasteiger partial charge in [-0.2, -0.15) is 4.98 Å². The predicted molar refractivity (Wildman–Crippen MR) is 61.9 cm³/mol. The number of aromatic amines is 1. The van der Waals surface area contributed by atoms with E-state index in [0.29, 0.717) is 11.3 Å². The monoisotopic (exact) mass is 232 g/mol. The van der Waals surface area contributed by atoms with Crippen LogP contribution in [0, 0.1) is 6.92 Å². The third kappa shape index (κ3) is 1.33. The van der Waals surface area contributed by atoms with Gasteiger partial charge in [-0.1, -0.05) is 0 Å². The number of nitrogens with zero attached hydrogens (tertiary/aromatic N) is 4. The normalized spacial score (nSPS) is 11.1. The van der Waals surface area contributed by atoms with Crippen molar-refractivity contribution in [2.75, 3.05) is 5.73 Å². The number of hydrogen-bond acceptors (Lipinski definition) is 6. The predicted octanol–water partition coefficient (Wildman–Crippen LogP) is 1.37. The van der Waals surface area contributed by atoms with Crippen LogP contribution in [0.4, 0.5) is 5.95 Å². The molecule has 0 spiro atoms. The van der Waals surface area contributed by atoms with E-state index in [-0.39, 0.29) is 5.95 Å². The number of imidazole rings is 1. The quantitative estimate of drug-likeness (QED) is 0.660. The van der Waals surface area contributed by atoms with Gasteiger partial charge < -0.3 is 10.7 Å². The Kier molecular flexibility index (Phi) is 1.87. The largest absolute Gasteiger partial charge is 0.368 e. The highest BCUT2D eigenvalue weighted by Gasteiger charge is 2.13. The van der Waals surface area contributed by atoms with Gasteiger partial charge in [-0.3, -0.25) is 0 Å². The standard InChI is InChI=1S/C9H8N6S/c1-4-2-11-8(16-4)6-5-7(13-3-12-5)15-9(10)14-6/h2-3H,1H3,(H3,10,12,13,14,15). The molecule has 0 aliphatic heterocycles. The van der Waals surface area contributed by atoms with Crippen molar-refractivity contribution >= 4 is 28.4 Å². The van der Waals surface area contributed by atoms with Crippen molar-refractivity contribution in [3.8, 4) is 10.7 Å². The fourth-order valence-corrected chi connectivity index (χ4v) is 2.23. The molecule has 0 saturated carbocycles. The highest BCUT2D eigenvalue weighted by molar-refractivity contribution is 7.15. The van der Waals surface area contributed by atoms with Gasteiger partial charge in [0.15, 0.2) is 5.65 Å². The van der Waals surface area contributed by atoms with Crippen LogP contribution in [0.5, 0.6) is 0 Å². The summed E-state index contributed by atoms with van der Waals surface area (Å²) in [4.78, 5) is 20.7. The maximum atomic E-state index is 5.63. The summed E-state index contributed by atoms with van der Waals surface area (Å²) in [6.07, 6.45) is 3.38. The van der Waals surface area contributed by atoms with Crippen molar-refractivity contribution < 1.29 is 0 Å². The first-order chi connectivity index (χ1) is 7.74. The van der Waals surface area contributed by atoms with Gasteiger partial charge in [0.25, 0.3) is 0 Å². The summed E-state index contributed by atoms with van der Waals surface area (Å²) >= 11 is 1.56. The molecule has 80 valence electrons. The minimum Gasteiger partial charge on any atom is -0.368 e. The second-order valence-corrected chi connectivity index (χ2v) is 4.54. The van der Waals surface area contributed by atoms with E-state index in [1.807, 2.05) is 6.92 Å². The zero-order valence-corrected chi connectivity index (χ0v) is 9.25. The SMILES string of the molecule is Cc1cnc(-c2nc(N)nc3nc[nH]c23)s1. The van der Waals surface area contributed by atoms with Crippen molar-refractivity contribution in [1.29, 1.82) is 0 Å². The lowest BCUT2D eigenvalue weighted by Gasteiger charge is -1.98. The number of aryl methyl sites for hydroxylation is 1. The molecule has 0 aromatic carbocycles. The van der Waals surface area contributed by atoms with E-state index in [2.05, 4.69) is 24.9 Å². The van der Waals surface area contributed by atoms with Crippen LogP contribution in [0.25, 0.3) is 21.9 Å². The van der Waals surface area contributed by atoms with Crippen LogP contribution in [0.3, 0.4) is 0 Å². The van der Waals surface area contributed by atoms with E-state index in [0.717, 1.165) is 15.4 Å². The lowest BCUT2D eigenvalue weighted by Crippen LogP contribution is -1.97. The van der Waals surface area contributed by atoms with Crippen LogP contribution < -0.4 is 5.73 Å². The molecular weight excluding hydrogens is 224 g/mol. The number of anilines is 1. The molecule has 0 aliphatic carbocycles. The molecule has 3 aromatic heterocycles. The van der Waals surface area contributed by atoms with Crippen molar-refractivity contribution in [2.24, 2.45) is 0 Å². The van der Waals surface area contributed by atoms with E-state index in [9.17, 15) is 0 Å². The summed E-state index contributed by atoms with van der Waals surface area (Å²) < 4.78 is 0. The summed E-state index contributed by atoms with van der Waals surface area (Å²) in [5.41, 5.74) is 7.67. The molecule has 0 saturated heterocycles. The van der Waals surface area contributed by atoms with Crippen LogP contribution in [0.2, 0.25) is 0 Å². The molecule has 6 nitrogen and oxygen atoms in total. The van der Waals surface area contributed by atoms with Crippen LogP contribution >= 0.6 is 11.3 Å². The molecule has 7 heteroatoms. The fraction of sp³-hybridized carbons (Fsp3) is 0.111. The molecule has 0 radical (unpaired) electrons. The Labute approximate surface area is 94.6 Å². The summed E-state index contributed by atoms with van der Waals surface area (Å²) in [7, 11) is 0. The Morgan fingerprint density at radius 2 is 2.19 bits per heavy atom. The lowest BCUT2D eigenvalue weighted by molar-refractivity contribution is 1.21. The van der Waals surface area contributed by atoms with Crippen LogP contribution in [0.15, 0.2) is 12.5 Å². The highest BCUT2D eigenvalue weighted by Crippen LogP contribution is 2.27. The summed E-state index contributed by atoms with van der Waals surface area (Å²) in [6, 6.07) is 0. The highest BCUT2D eigenvalue weighted by atomic mass is 32.1. The topological polar surface area (TPSA) is 93.4 Å². The molecule has 0 unspecified atom stereocenters. The van der Waals surface area contributed by atoms with Gasteiger partial charge in [0.2, 0.25) is 5.95 Å². The van der Waals surface area contributed by atoms with E-state index >= 15 is 0 Å². The molecule has 3 aromatic rings. The molecule has 0 aliphatic rings. The van der Waals surface area contributed by atoms with Gasteiger partial charge in [0, 0.05) is 11.1 Å². The van der Waals surface area contributed by atoms with Crippen LogP contribution in [0.1, 0.15) is 4.88 Å². The van der Waals surface area contributed by atoms with Gasteiger partial charge in [-0.05, 0) is 6.92 Å². The third-order valence-corrected chi connectivity index (χ3v) is 3.05. The fourth-order valence-electron chi connectivity index (χ4n) is 1.47. The molecule has 3 N–H and O–H groups in total. The van der Waals surface area contributed by atoms with Gasteiger partial charge in [-0.25, -0.2) is 15.0 Å². The first-order valence-corrected chi connectivity index (χ1v) is 5.45. The number of H-pyrrole nitrogens is 1. The maximum Gasteiger partial charge on any atom is 0.222 e. The molecule has 0 amide bonds. The number of nitrogens with one attached hydrogen (secondary N) is 1. The molecular formula is C9H8N6S. The molecule has 16 heavy (non-hydrogen) atoms. The van der Waals surface area contributed by atoms with Gasteiger partial charge in [-0.15, -0.1) is 11.3 Å². The Morgan fingerprint density at radius 3 is 2.94 bits per heavy atom. The van der Waals surface area contributed by atoms with Crippen LogP contribution in [-0.4, -0.2) is 24.9 Å². The number of rotatable bonds is 1. The first kappa shape index (κ1) is 9.22. The average molecular weight is 232 g/mol. The summed E-state index contributed by atoms with van der Waals surface area (Å²) in [5.74, 6) is 0.211. The molecule has 3 rings (SSSR count). The van der Waals surface area contributed by atoms with E-state index in [4.69, 9.17) is 5.73 Å². The van der Waals surface area contributed by atoms with E-state index in [1.165, 1.54) is 0 Å². The van der Waals surface area contributed by atoms with Crippen molar-refractivity contribution in [1.82, 2.24) is 24.9 Å². The van der Waals surface area contributed by atoms with Gasteiger partial charge >= 0.3 is 0 Å². The minimum atomic E-state index is 0.211. The number of thiazole rings is 1. The zero-order valence-electron chi connectivity index (χ0n) is 8.43. The van der Waals surface area contributed by atoms with E-state index in [1.54, 1.807) is 23.9 Å². The first-order valence-electron chi connectivity index (χ1n) is 4.63. The zero-order chi connectivity index (χ0) is 11.1. The van der Waals surface area contributed by atoms with Gasteiger partial charge in [0.05, 0.1) is 6.33 Å². The van der Waals surface area contributed by atoms with Crippen molar-refractivity contribution in [2.45, 2.75) is 6.92 Å². The van der Waals surface area contributed by atoms with E-state index < -0.39 is 0 Å². The summed E-state index contributed by atoms with van der Waals surface area (Å²) in [6.45, 7) is 2.00. The number of aromatic nitrogens is 5. The van der Waals surface area contributed by atoms with Crippen LogP contribution in [-0.2, 0) is 0 Å². The Balaban J connectivity index is 2.33. The smallest absolute Gasteiger partial charge is 0.222 e. The second kappa shape index (κ2) is 3.24. The van der Waals surface area contributed by atoms with Gasteiger partial charge in [0.1, 0.15) is 16.2 Å². The Bertz CT molecular complexity index is 655. The lowest BCUT2D eigenvalue weighted by atomic mass is 10.4. The molecule has 0 bridgehead atoms. The number of hydrogen-bond donors (Lipinski definition) is 2. The Hall–Kier alpha value is -2.02. The third-order valence-electron chi connectivity index (χ3n) is 2.13. The molecule has 0 atom stereocenters.